The zero-order valence-electron chi connectivity index (χ0n) is 22.1. The second-order valence-electron chi connectivity index (χ2n) is 10.6. The van der Waals surface area contributed by atoms with Crippen molar-refractivity contribution in [3.63, 3.8) is 0 Å². The topological polar surface area (TPSA) is 66.8 Å². The predicted octanol–water partition coefficient (Wildman–Crippen LogP) is 6.27. The fourth-order valence-corrected chi connectivity index (χ4v) is 5.71. The van der Waals surface area contributed by atoms with Crippen LogP contribution in [-0.2, 0) is 11.3 Å². The van der Waals surface area contributed by atoms with Crippen molar-refractivity contribution in [3.05, 3.63) is 70.8 Å². The summed E-state index contributed by atoms with van der Waals surface area (Å²) in [4.78, 5) is 23.1. The first-order valence-electron chi connectivity index (χ1n) is 13.2. The number of piperidine rings is 1. The van der Waals surface area contributed by atoms with Crippen LogP contribution in [0.1, 0.15) is 73.2 Å². The first-order chi connectivity index (χ1) is 17.3. The molecule has 4 heterocycles. The van der Waals surface area contributed by atoms with Gasteiger partial charge in [-0.15, -0.1) is 0 Å². The van der Waals surface area contributed by atoms with E-state index in [1.54, 1.807) is 0 Å². The number of H-pyrrole nitrogens is 1. The molecule has 0 spiro atoms. The van der Waals surface area contributed by atoms with Crippen LogP contribution < -0.4 is 0 Å². The van der Waals surface area contributed by atoms with Crippen molar-refractivity contribution in [2.75, 3.05) is 13.1 Å². The van der Waals surface area contributed by atoms with E-state index < -0.39 is 0 Å². The second kappa shape index (κ2) is 9.92. The lowest BCUT2D eigenvalue weighted by atomic mass is 9.87. The molecule has 1 amide bonds. The lowest BCUT2D eigenvalue weighted by Crippen LogP contribution is -2.38. The summed E-state index contributed by atoms with van der Waals surface area (Å²) in [6, 6.07) is 13.2. The van der Waals surface area contributed by atoms with Gasteiger partial charge in [-0.2, -0.15) is 5.10 Å². The van der Waals surface area contributed by atoms with Crippen LogP contribution in [0.15, 0.2) is 42.6 Å². The molecule has 6 nitrogen and oxygen atoms in total. The van der Waals surface area contributed by atoms with Gasteiger partial charge in [-0.05, 0) is 86.9 Å². The number of rotatable bonds is 6. The van der Waals surface area contributed by atoms with Gasteiger partial charge in [0.05, 0.1) is 11.4 Å². The fraction of sp³-hybridized carbons (Fsp3) is 0.433. The number of benzene rings is 1. The third kappa shape index (κ3) is 4.95. The molecule has 0 bridgehead atoms. The van der Waals surface area contributed by atoms with E-state index in [2.05, 4.69) is 73.1 Å². The number of pyridine rings is 1. The number of aromatic amines is 1. The number of nitrogens with one attached hydrogen (secondary N) is 1. The monoisotopic (exact) mass is 483 g/mol. The van der Waals surface area contributed by atoms with Crippen LogP contribution in [0.3, 0.4) is 0 Å². The first kappa shape index (κ1) is 24.3. The Morgan fingerprint density at radius 3 is 2.39 bits per heavy atom. The number of amides is 1. The Labute approximate surface area is 213 Å². The lowest BCUT2D eigenvalue weighted by Gasteiger charge is -2.32. The van der Waals surface area contributed by atoms with E-state index in [1.807, 2.05) is 28.8 Å². The quantitative estimate of drug-likeness (QED) is 0.351. The van der Waals surface area contributed by atoms with Crippen molar-refractivity contribution in [1.82, 2.24) is 24.6 Å². The van der Waals surface area contributed by atoms with Gasteiger partial charge in [-0.25, -0.2) is 0 Å². The van der Waals surface area contributed by atoms with Crippen LogP contribution in [0.5, 0.6) is 0 Å². The molecular formula is C30H37N5O. The molecular weight excluding hydrogens is 446 g/mol. The van der Waals surface area contributed by atoms with Gasteiger partial charge in [-0.1, -0.05) is 19.9 Å². The Hall–Kier alpha value is -3.41. The Morgan fingerprint density at radius 2 is 1.75 bits per heavy atom. The van der Waals surface area contributed by atoms with E-state index in [4.69, 9.17) is 0 Å². The molecule has 0 saturated carbocycles. The lowest BCUT2D eigenvalue weighted by molar-refractivity contribution is -0.132. The van der Waals surface area contributed by atoms with E-state index in [0.29, 0.717) is 24.8 Å². The molecule has 1 fully saturated rings. The summed E-state index contributed by atoms with van der Waals surface area (Å²) in [5.41, 5.74) is 9.43. The summed E-state index contributed by atoms with van der Waals surface area (Å²) in [6.45, 7) is 12.9. The second-order valence-corrected chi connectivity index (χ2v) is 10.6. The molecule has 4 aromatic rings. The minimum absolute atomic E-state index is 0.234. The number of likely N-dealkylation sites (tertiary alicyclic amines) is 1. The van der Waals surface area contributed by atoms with Crippen molar-refractivity contribution in [1.29, 1.82) is 0 Å². The highest BCUT2D eigenvalue weighted by molar-refractivity contribution is 5.92. The first-order valence-corrected chi connectivity index (χ1v) is 13.2. The van der Waals surface area contributed by atoms with Crippen LogP contribution in [0.25, 0.3) is 22.2 Å². The molecule has 1 aliphatic heterocycles. The van der Waals surface area contributed by atoms with Gasteiger partial charge >= 0.3 is 0 Å². The summed E-state index contributed by atoms with van der Waals surface area (Å²) in [5, 5.41) is 5.71. The zero-order valence-corrected chi connectivity index (χ0v) is 22.1. The van der Waals surface area contributed by atoms with Gasteiger partial charge in [0.2, 0.25) is 5.91 Å². The van der Waals surface area contributed by atoms with Gasteiger partial charge in [-0.3, -0.25) is 14.5 Å². The third-order valence-electron chi connectivity index (χ3n) is 7.46. The third-order valence-corrected chi connectivity index (χ3v) is 7.46. The van der Waals surface area contributed by atoms with Crippen LogP contribution in [0, 0.1) is 20.8 Å². The summed E-state index contributed by atoms with van der Waals surface area (Å²) in [7, 11) is 0. The van der Waals surface area contributed by atoms with E-state index >= 15 is 0 Å². The summed E-state index contributed by atoms with van der Waals surface area (Å²) < 4.78 is 1.86. The Balaban J connectivity index is 1.32. The average molecular weight is 484 g/mol. The maximum absolute atomic E-state index is 12.8. The minimum atomic E-state index is 0.234. The molecule has 1 saturated heterocycles. The van der Waals surface area contributed by atoms with Crippen molar-refractivity contribution < 1.29 is 4.79 Å². The predicted molar refractivity (Wildman–Crippen MR) is 145 cm³/mol. The number of aromatic nitrogens is 4. The van der Waals surface area contributed by atoms with Gasteiger partial charge in [0.15, 0.2) is 0 Å². The van der Waals surface area contributed by atoms with Crippen molar-refractivity contribution in [2.24, 2.45) is 0 Å². The minimum Gasteiger partial charge on any atom is -0.354 e. The molecule has 0 radical (unpaired) electrons. The Bertz CT molecular complexity index is 1370. The zero-order chi connectivity index (χ0) is 25.4. The highest BCUT2D eigenvalue weighted by Gasteiger charge is 2.25. The highest BCUT2D eigenvalue weighted by atomic mass is 16.2. The van der Waals surface area contributed by atoms with E-state index in [9.17, 15) is 4.79 Å². The van der Waals surface area contributed by atoms with Crippen molar-refractivity contribution in [3.8, 4) is 11.3 Å². The molecule has 1 aliphatic rings. The number of hydrogen-bond donors (Lipinski definition) is 1. The molecule has 0 atom stereocenters. The number of aryl methyl sites for hydroxylation is 4. The average Bonchev–Trinajstić information content (AvgIpc) is 3.45. The molecule has 0 unspecified atom stereocenters. The maximum Gasteiger partial charge on any atom is 0.224 e. The van der Waals surface area contributed by atoms with Crippen LogP contribution in [0.4, 0.5) is 0 Å². The van der Waals surface area contributed by atoms with E-state index in [1.165, 1.54) is 33.3 Å². The van der Waals surface area contributed by atoms with Crippen molar-refractivity contribution >= 4 is 16.8 Å². The number of nitrogens with zero attached hydrogens (tertiary/aromatic N) is 4. The van der Waals surface area contributed by atoms with Gasteiger partial charge < -0.3 is 9.88 Å². The molecule has 36 heavy (non-hydrogen) atoms. The summed E-state index contributed by atoms with van der Waals surface area (Å²) >= 11 is 0. The van der Waals surface area contributed by atoms with Crippen LogP contribution in [0.2, 0.25) is 0 Å². The smallest absolute Gasteiger partial charge is 0.224 e. The van der Waals surface area contributed by atoms with Gasteiger partial charge in [0.1, 0.15) is 0 Å². The van der Waals surface area contributed by atoms with Crippen LogP contribution in [-0.4, -0.2) is 43.6 Å². The SMILES string of the molecule is Cc1cc(-c2[nH]c3ccc(C4CCN(C(=O)CCn5ccc(C)n5)CC4)cc3c2C(C)C)cc(C)n1. The normalized spacial score (nSPS) is 14.8. The molecule has 3 aromatic heterocycles. The van der Waals surface area contributed by atoms with E-state index in [-0.39, 0.29) is 5.91 Å². The molecule has 1 N–H and O–H groups in total. The highest BCUT2D eigenvalue weighted by Crippen LogP contribution is 2.38. The molecule has 0 aliphatic carbocycles. The Morgan fingerprint density at radius 1 is 1.03 bits per heavy atom. The molecule has 6 heteroatoms. The van der Waals surface area contributed by atoms with Crippen molar-refractivity contribution in [2.45, 2.75) is 72.3 Å². The van der Waals surface area contributed by atoms with E-state index in [0.717, 1.165) is 43.0 Å². The maximum atomic E-state index is 12.8. The fourth-order valence-electron chi connectivity index (χ4n) is 5.71. The van der Waals surface area contributed by atoms with Gasteiger partial charge in [0, 0.05) is 60.1 Å². The number of fused-ring (bicyclic) bond motifs is 1. The molecule has 188 valence electrons. The number of hydrogen-bond acceptors (Lipinski definition) is 3. The number of carbonyl (C=O) groups excluding carboxylic acids is 1. The van der Waals surface area contributed by atoms with Crippen LogP contribution >= 0.6 is 0 Å². The summed E-state index contributed by atoms with van der Waals surface area (Å²) in [5.74, 6) is 1.11. The largest absolute Gasteiger partial charge is 0.354 e. The summed E-state index contributed by atoms with van der Waals surface area (Å²) in [6.07, 6.45) is 4.47. The number of carbonyl (C=O) groups is 1. The molecule has 1 aromatic carbocycles. The standard InChI is InChI=1S/C30H37N5O/c1-19(2)29-26-18-24(6-7-27(26)32-30(29)25-16-21(4)31-22(5)17-25)23-9-12-34(13-10-23)28(36)11-15-35-14-8-20(3)33-35/h6-8,14,16-19,23,32H,9-13,15H2,1-5H3. The molecule has 5 rings (SSSR count). The Kier molecular flexibility index (Phi) is 6.69. The van der Waals surface area contributed by atoms with Gasteiger partial charge in [0.25, 0.3) is 0 Å².